The molecule has 1 heterocycles. The van der Waals surface area contributed by atoms with Crippen molar-refractivity contribution in [1.29, 1.82) is 0 Å². The van der Waals surface area contributed by atoms with Crippen LogP contribution in [0, 0.1) is 6.92 Å². The summed E-state index contributed by atoms with van der Waals surface area (Å²) in [7, 11) is 0. The molecule has 1 nitrogen and oxygen atoms in total. The van der Waals surface area contributed by atoms with Crippen LogP contribution in [0.15, 0.2) is 22.4 Å². The largest absolute Gasteiger partial charge is 0.506 e. The Balaban J connectivity index is 2.97. The Labute approximate surface area is 80.1 Å². The summed E-state index contributed by atoms with van der Waals surface area (Å²) >= 11 is 5.91. The highest BCUT2D eigenvalue weighted by Crippen LogP contribution is 2.36. The third-order valence-corrected chi connectivity index (χ3v) is 3.41. The van der Waals surface area contributed by atoms with E-state index in [0.29, 0.717) is 5.75 Å². The smallest absolute Gasteiger partial charge is 0.133 e. The topological polar surface area (TPSA) is 20.2 Å². The summed E-state index contributed by atoms with van der Waals surface area (Å²) in [4.78, 5) is 0.962. The van der Waals surface area contributed by atoms with E-state index in [1.807, 2.05) is 18.4 Å². The van der Waals surface area contributed by atoms with Crippen molar-refractivity contribution >= 4 is 34.1 Å². The second kappa shape index (κ2) is 2.68. The molecule has 2 rings (SSSR count). The van der Waals surface area contributed by atoms with Gasteiger partial charge in [-0.05, 0) is 30.0 Å². The summed E-state index contributed by atoms with van der Waals surface area (Å²) in [6.45, 7) is 1.94. The first-order valence-electron chi connectivity index (χ1n) is 3.59. The van der Waals surface area contributed by atoms with Gasteiger partial charge in [0.05, 0.1) is 4.70 Å². The molecule has 0 radical (unpaired) electrons. The van der Waals surface area contributed by atoms with Crippen molar-refractivity contribution in [2.24, 2.45) is 0 Å². The lowest BCUT2D eigenvalue weighted by atomic mass is 10.2. The second-order valence-corrected chi connectivity index (χ2v) is 4.09. The summed E-state index contributed by atoms with van der Waals surface area (Å²) in [5.41, 5.74) is 1.02. The lowest BCUT2D eigenvalue weighted by Crippen LogP contribution is -1.76. The van der Waals surface area contributed by atoms with Crippen LogP contribution < -0.4 is 0 Å². The molecule has 0 aliphatic carbocycles. The highest BCUT2D eigenvalue weighted by atomic mass is 32.1. The van der Waals surface area contributed by atoms with Crippen molar-refractivity contribution in [3.8, 4) is 5.75 Å². The quantitative estimate of drug-likeness (QED) is 0.620. The van der Waals surface area contributed by atoms with Gasteiger partial charge in [-0.25, -0.2) is 0 Å². The van der Waals surface area contributed by atoms with E-state index in [2.05, 4.69) is 12.6 Å². The summed E-state index contributed by atoms with van der Waals surface area (Å²) in [6, 6.07) is 3.73. The van der Waals surface area contributed by atoms with Crippen LogP contribution in [0.1, 0.15) is 5.56 Å². The molecule has 12 heavy (non-hydrogen) atoms. The van der Waals surface area contributed by atoms with E-state index in [1.165, 1.54) is 11.3 Å². The molecule has 0 atom stereocenters. The molecule has 0 unspecified atom stereocenters. The zero-order valence-corrected chi connectivity index (χ0v) is 8.25. The molecule has 0 amide bonds. The van der Waals surface area contributed by atoms with Gasteiger partial charge in [-0.1, -0.05) is 0 Å². The van der Waals surface area contributed by atoms with Gasteiger partial charge < -0.3 is 5.11 Å². The number of benzene rings is 1. The summed E-state index contributed by atoms with van der Waals surface area (Å²) in [6.07, 6.45) is 0. The maximum absolute atomic E-state index is 9.54. The average Bonchev–Trinajstić information content (AvgIpc) is 2.48. The second-order valence-electron chi connectivity index (χ2n) is 2.72. The molecule has 2 aromatic rings. The van der Waals surface area contributed by atoms with Crippen molar-refractivity contribution < 1.29 is 5.11 Å². The first kappa shape index (κ1) is 7.95. The van der Waals surface area contributed by atoms with Gasteiger partial charge in [0.25, 0.3) is 0 Å². The molecular weight excluding hydrogens is 188 g/mol. The number of fused-ring (bicyclic) bond motifs is 1. The molecule has 62 valence electrons. The molecule has 0 bridgehead atoms. The molecule has 0 aliphatic rings. The molecule has 0 saturated carbocycles. The molecule has 0 aliphatic heterocycles. The molecule has 0 spiro atoms. The van der Waals surface area contributed by atoms with E-state index in [0.717, 1.165) is 20.5 Å². The summed E-state index contributed by atoms with van der Waals surface area (Å²) in [5.74, 6) is 0.357. The average molecular weight is 196 g/mol. The van der Waals surface area contributed by atoms with E-state index < -0.39 is 0 Å². The molecular formula is C9H8OS2. The van der Waals surface area contributed by atoms with Gasteiger partial charge in [0, 0.05) is 10.3 Å². The van der Waals surface area contributed by atoms with Gasteiger partial charge >= 0.3 is 0 Å². The van der Waals surface area contributed by atoms with Crippen LogP contribution in [-0.2, 0) is 0 Å². The Morgan fingerprint density at radius 3 is 3.00 bits per heavy atom. The fourth-order valence-electron chi connectivity index (χ4n) is 1.25. The Morgan fingerprint density at radius 2 is 2.25 bits per heavy atom. The fraction of sp³-hybridized carbons (Fsp3) is 0.111. The molecule has 3 heteroatoms. The zero-order valence-electron chi connectivity index (χ0n) is 6.53. The Hall–Kier alpha value is -0.670. The van der Waals surface area contributed by atoms with Crippen LogP contribution in [0.4, 0.5) is 0 Å². The fourth-order valence-corrected chi connectivity index (χ4v) is 2.39. The minimum absolute atomic E-state index is 0.357. The van der Waals surface area contributed by atoms with Crippen LogP contribution in [-0.4, -0.2) is 5.11 Å². The maximum Gasteiger partial charge on any atom is 0.133 e. The van der Waals surface area contributed by atoms with Gasteiger partial charge in [0.15, 0.2) is 0 Å². The van der Waals surface area contributed by atoms with Crippen LogP contribution >= 0.6 is 24.0 Å². The molecule has 1 aromatic heterocycles. The number of rotatable bonds is 0. The van der Waals surface area contributed by atoms with Crippen molar-refractivity contribution in [2.75, 3.05) is 0 Å². The summed E-state index contributed by atoms with van der Waals surface area (Å²) < 4.78 is 0.922. The van der Waals surface area contributed by atoms with Gasteiger partial charge in [0.2, 0.25) is 0 Å². The third kappa shape index (κ3) is 1.01. The first-order chi connectivity index (χ1) is 5.70. The number of hydrogen-bond donors (Lipinski definition) is 2. The number of thiophene rings is 1. The number of hydrogen-bond acceptors (Lipinski definition) is 3. The predicted octanol–water partition coefficient (Wildman–Crippen LogP) is 3.20. The van der Waals surface area contributed by atoms with Crippen molar-refractivity contribution in [1.82, 2.24) is 0 Å². The molecule has 0 fully saturated rings. The van der Waals surface area contributed by atoms with Crippen LogP contribution in [0.3, 0.4) is 0 Å². The van der Waals surface area contributed by atoms with Crippen LogP contribution in [0.2, 0.25) is 0 Å². The highest BCUT2D eigenvalue weighted by molar-refractivity contribution is 7.80. The third-order valence-electron chi connectivity index (χ3n) is 1.88. The SMILES string of the molecule is Cc1cc(O)c2sccc2c1S. The Kier molecular flexibility index (Phi) is 1.77. The molecule has 1 N–H and O–H groups in total. The predicted molar refractivity (Wildman–Crippen MR) is 55.5 cm³/mol. The zero-order chi connectivity index (χ0) is 8.72. The van der Waals surface area contributed by atoms with Crippen molar-refractivity contribution in [3.63, 3.8) is 0 Å². The maximum atomic E-state index is 9.54. The van der Waals surface area contributed by atoms with Crippen molar-refractivity contribution in [2.45, 2.75) is 11.8 Å². The van der Waals surface area contributed by atoms with E-state index in [-0.39, 0.29) is 0 Å². The number of aromatic hydroxyl groups is 1. The number of phenols is 1. The van der Waals surface area contributed by atoms with E-state index in [1.54, 1.807) is 6.07 Å². The molecule has 0 saturated heterocycles. The highest BCUT2D eigenvalue weighted by Gasteiger charge is 2.06. The molecule has 1 aromatic carbocycles. The normalized spacial score (nSPS) is 10.8. The first-order valence-corrected chi connectivity index (χ1v) is 4.91. The van der Waals surface area contributed by atoms with Gasteiger partial charge in [-0.3, -0.25) is 0 Å². The Morgan fingerprint density at radius 1 is 1.50 bits per heavy atom. The standard InChI is InChI=1S/C9H8OS2/c1-5-4-7(10)9-6(8(5)11)2-3-12-9/h2-4,10-11H,1H3. The summed E-state index contributed by atoms with van der Waals surface area (Å²) in [5, 5.41) is 12.5. The van der Waals surface area contributed by atoms with Crippen LogP contribution in [0.5, 0.6) is 5.75 Å². The van der Waals surface area contributed by atoms with Gasteiger partial charge in [-0.2, -0.15) is 0 Å². The van der Waals surface area contributed by atoms with E-state index >= 15 is 0 Å². The minimum Gasteiger partial charge on any atom is -0.506 e. The Bertz CT molecular complexity index is 431. The lowest BCUT2D eigenvalue weighted by molar-refractivity contribution is 0.482. The van der Waals surface area contributed by atoms with Crippen LogP contribution in [0.25, 0.3) is 10.1 Å². The number of thiol groups is 1. The van der Waals surface area contributed by atoms with E-state index in [4.69, 9.17) is 0 Å². The number of aryl methyl sites for hydroxylation is 1. The van der Waals surface area contributed by atoms with E-state index in [9.17, 15) is 5.11 Å². The van der Waals surface area contributed by atoms with Gasteiger partial charge in [-0.15, -0.1) is 24.0 Å². The lowest BCUT2D eigenvalue weighted by Gasteiger charge is -2.02. The monoisotopic (exact) mass is 196 g/mol. The minimum atomic E-state index is 0.357. The van der Waals surface area contributed by atoms with Gasteiger partial charge in [0.1, 0.15) is 5.75 Å². The van der Waals surface area contributed by atoms with Crippen molar-refractivity contribution in [3.05, 3.63) is 23.1 Å². The number of phenolic OH excluding ortho intramolecular Hbond substituents is 1.